The molecule has 19 heavy (non-hydrogen) atoms. The van der Waals surface area contributed by atoms with Gasteiger partial charge in [0.1, 0.15) is 5.69 Å². The molecule has 0 radical (unpaired) electrons. The lowest BCUT2D eigenvalue weighted by Gasteiger charge is -2.05. The second-order valence-corrected chi connectivity index (χ2v) is 4.51. The summed E-state index contributed by atoms with van der Waals surface area (Å²) < 4.78 is 0. The Labute approximate surface area is 109 Å². The summed E-state index contributed by atoms with van der Waals surface area (Å²) in [6.07, 6.45) is 0. The first-order chi connectivity index (χ1) is 9.06. The van der Waals surface area contributed by atoms with Gasteiger partial charge in [0.05, 0.1) is 16.0 Å². The van der Waals surface area contributed by atoms with Gasteiger partial charge in [-0.3, -0.25) is 15.1 Å². The highest BCUT2D eigenvalue weighted by atomic mass is 16.6. The maximum Gasteiger partial charge on any atom is 0.291 e. The molecule has 0 saturated carbocycles. The van der Waals surface area contributed by atoms with E-state index < -0.39 is 4.92 Å². The minimum atomic E-state index is -0.407. The second-order valence-electron chi connectivity index (χ2n) is 4.51. The van der Waals surface area contributed by atoms with E-state index in [4.69, 9.17) is 0 Å². The second kappa shape index (κ2) is 3.98. The van der Waals surface area contributed by atoms with Gasteiger partial charge in [-0.05, 0) is 19.9 Å². The number of hydrogen-bond donors (Lipinski definition) is 0. The molecule has 2 aromatic heterocycles. The molecule has 1 aromatic carbocycles. The van der Waals surface area contributed by atoms with E-state index in [1.54, 1.807) is 13.0 Å². The Morgan fingerprint density at radius 2 is 1.63 bits per heavy atom. The lowest BCUT2D eigenvalue weighted by atomic mass is 10.1. The maximum atomic E-state index is 10.9. The van der Waals surface area contributed by atoms with E-state index in [9.17, 15) is 10.1 Å². The van der Waals surface area contributed by atoms with E-state index >= 15 is 0 Å². The molecule has 0 aliphatic rings. The van der Waals surface area contributed by atoms with E-state index in [1.807, 2.05) is 31.2 Å². The molecule has 0 saturated heterocycles. The quantitative estimate of drug-likeness (QED) is 0.379. The zero-order chi connectivity index (χ0) is 13.6. The van der Waals surface area contributed by atoms with E-state index in [1.165, 1.54) is 0 Å². The van der Waals surface area contributed by atoms with Crippen molar-refractivity contribution in [2.24, 2.45) is 0 Å². The molecule has 5 heteroatoms. The molecule has 0 atom stereocenters. The number of fused-ring (bicyclic) bond motifs is 3. The Balaban J connectivity index is 2.46. The van der Waals surface area contributed by atoms with Gasteiger partial charge in [0.2, 0.25) is 0 Å². The van der Waals surface area contributed by atoms with Crippen LogP contribution in [0.15, 0.2) is 30.3 Å². The van der Waals surface area contributed by atoms with Crippen LogP contribution in [-0.4, -0.2) is 14.9 Å². The van der Waals surface area contributed by atoms with Gasteiger partial charge < -0.3 is 0 Å². The lowest BCUT2D eigenvalue weighted by molar-refractivity contribution is -0.385. The molecule has 0 aliphatic heterocycles. The summed E-state index contributed by atoms with van der Waals surface area (Å²) in [5.74, 6) is 0. The predicted octanol–water partition coefficient (Wildman–Crippen LogP) is 3.31. The molecule has 0 unspecified atom stereocenters. The minimum Gasteiger partial charge on any atom is -0.258 e. The van der Waals surface area contributed by atoms with Crippen LogP contribution in [0.2, 0.25) is 0 Å². The van der Waals surface area contributed by atoms with Crippen molar-refractivity contribution in [3.8, 4) is 0 Å². The van der Waals surface area contributed by atoms with Crippen LogP contribution in [0.1, 0.15) is 11.4 Å². The van der Waals surface area contributed by atoms with Crippen LogP contribution in [-0.2, 0) is 0 Å². The fourth-order valence-electron chi connectivity index (χ4n) is 2.18. The number of nitrogens with zero attached hydrogens (tertiary/aromatic N) is 3. The molecular formula is C14H11N3O2. The Morgan fingerprint density at radius 1 is 1.00 bits per heavy atom. The Bertz CT molecular complexity index is 828. The topological polar surface area (TPSA) is 68.9 Å². The van der Waals surface area contributed by atoms with Crippen molar-refractivity contribution in [1.82, 2.24) is 9.97 Å². The fourth-order valence-corrected chi connectivity index (χ4v) is 2.18. The van der Waals surface area contributed by atoms with E-state index in [0.29, 0.717) is 11.2 Å². The number of hydrogen-bond acceptors (Lipinski definition) is 4. The number of nitro groups is 1. The molecule has 0 bridgehead atoms. The van der Waals surface area contributed by atoms with Crippen LogP contribution in [0, 0.1) is 24.0 Å². The van der Waals surface area contributed by atoms with Crippen molar-refractivity contribution in [2.45, 2.75) is 13.8 Å². The Kier molecular flexibility index (Phi) is 2.41. The van der Waals surface area contributed by atoms with E-state index in [0.717, 1.165) is 22.0 Å². The van der Waals surface area contributed by atoms with Crippen molar-refractivity contribution >= 4 is 27.5 Å². The maximum absolute atomic E-state index is 10.9. The molecule has 0 spiro atoms. The van der Waals surface area contributed by atoms with Gasteiger partial charge in [0, 0.05) is 22.5 Å². The zero-order valence-electron chi connectivity index (χ0n) is 10.5. The van der Waals surface area contributed by atoms with Crippen LogP contribution < -0.4 is 0 Å². The number of benzene rings is 1. The minimum absolute atomic E-state index is 0.0412. The summed E-state index contributed by atoms with van der Waals surface area (Å²) in [4.78, 5) is 19.4. The van der Waals surface area contributed by atoms with Crippen LogP contribution in [0.4, 0.5) is 5.69 Å². The van der Waals surface area contributed by atoms with Gasteiger partial charge >= 0.3 is 0 Å². The van der Waals surface area contributed by atoms with Crippen LogP contribution in [0.3, 0.4) is 0 Å². The van der Waals surface area contributed by atoms with Crippen molar-refractivity contribution in [3.05, 3.63) is 51.8 Å². The third-order valence-corrected chi connectivity index (χ3v) is 3.14. The average molecular weight is 253 g/mol. The summed E-state index contributed by atoms with van der Waals surface area (Å²) in [5.41, 5.74) is 2.85. The molecule has 0 aliphatic carbocycles. The first-order valence-corrected chi connectivity index (χ1v) is 5.88. The van der Waals surface area contributed by atoms with Crippen molar-refractivity contribution < 1.29 is 4.92 Å². The van der Waals surface area contributed by atoms with E-state index in [-0.39, 0.29) is 5.69 Å². The molecule has 3 rings (SSSR count). The average Bonchev–Trinajstić information content (AvgIpc) is 2.37. The van der Waals surface area contributed by atoms with Gasteiger partial charge in [-0.15, -0.1) is 0 Å². The highest BCUT2D eigenvalue weighted by molar-refractivity contribution is 6.03. The number of aryl methyl sites for hydroxylation is 2. The van der Waals surface area contributed by atoms with Gasteiger partial charge in [-0.25, -0.2) is 4.98 Å². The lowest BCUT2D eigenvalue weighted by Crippen LogP contribution is -1.96. The molecule has 94 valence electrons. The first kappa shape index (κ1) is 11.5. The smallest absolute Gasteiger partial charge is 0.258 e. The summed E-state index contributed by atoms with van der Waals surface area (Å²) >= 11 is 0. The molecule has 0 fully saturated rings. The van der Waals surface area contributed by atoms with Gasteiger partial charge in [-0.2, -0.15) is 0 Å². The molecule has 3 aromatic rings. The molecule has 5 nitrogen and oxygen atoms in total. The molecule has 0 N–H and O–H groups in total. The largest absolute Gasteiger partial charge is 0.291 e. The summed E-state index contributed by atoms with van der Waals surface area (Å²) in [7, 11) is 0. The summed E-state index contributed by atoms with van der Waals surface area (Å²) in [6, 6.07) is 9.22. The molecule has 2 heterocycles. The third kappa shape index (κ3) is 1.79. The van der Waals surface area contributed by atoms with Crippen LogP contribution in [0.25, 0.3) is 21.8 Å². The summed E-state index contributed by atoms with van der Waals surface area (Å²) in [6.45, 7) is 3.56. The number of rotatable bonds is 1. The monoisotopic (exact) mass is 253 g/mol. The van der Waals surface area contributed by atoms with Gasteiger partial charge in [-0.1, -0.05) is 18.2 Å². The highest BCUT2D eigenvalue weighted by Gasteiger charge is 2.14. The van der Waals surface area contributed by atoms with Crippen molar-refractivity contribution in [2.75, 3.05) is 0 Å². The molecule has 0 amide bonds. The summed E-state index contributed by atoms with van der Waals surface area (Å²) in [5, 5.41) is 12.7. The predicted molar refractivity (Wildman–Crippen MR) is 73.2 cm³/mol. The first-order valence-electron chi connectivity index (χ1n) is 5.88. The molecular weight excluding hydrogens is 242 g/mol. The van der Waals surface area contributed by atoms with E-state index in [2.05, 4.69) is 9.97 Å². The standard InChI is InChI=1S/C14H11N3O2/c1-8-3-4-10-5-6-11-7-12(17(18)19)9(2)16-14(11)13(10)15-8/h3-7H,1-2H3. The van der Waals surface area contributed by atoms with Crippen LogP contribution in [0.5, 0.6) is 0 Å². The fraction of sp³-hybridized carbons (Fsp3) is 0.143. The Morgan fingerprint density at radius 3 is 2.37 bits per heavy atom. The normalized spacial score (nSPS) is 11.1. The van der Waals surface area contributed by atoms with Crippen molar-refractivity contribution in [3.63, 3.8) is 0 Å². The number of aromatic nitrogens is 2. The zero-order valence-corrected chi connectivity index (χ0v) is 10.5. The third-order valence-electron chi connectivity index (χ3n) is 3.14. The van der Waals surface area contributed by atoms with Crippen LogP contribution >= 0.6 is 0 Å². The van der Waals surface area contributed by atoms with Crippen molar-refractivity contribution in [1.29, 1.82) is 0 Å². The van der Waals surface area contributed by atoms with Gasteiger partial charge in [0.25, 0.3) is 5.69 Å². The Hall–Kier alpha value is -2.56. The highest BCUT2D eigenvalue weighted by Crippen LogP contribution is 2.27. The number of pyridine rings is 2. The SMILES string of the molecule is Cc1ccc2ccc3cc([N+](=O)[O-])c(C)nc3c2n1. The van der Waals surface area contributed by atoms with Gasteiger partial charge in [0.15, 0.2) is 0 Å².